The van der Waals surface area contributed by atoms with Crippen molar-refractivity contribution in [2.75, 3.05) is 13.7 Å². The Kier molecular flexibility index (Phi) is 4.54. The molecule has 2 rings (SSSR count). The van der Waals surface area contributed by atoms with Crippen LogP contribution in [-0.4, -0.2) is 33.0 Å². The second-order valence-electron chi connectivity index (χ2n) is 4.48. The van der Waals surface area contributed by atoms with Crippen LogP contribution in [0.2, 0.25) is 0 Å². The lowest BCUT2D eigenvalue weighted by atomic mass is 10.1. The van der Waals surface area contributed by atoms with Crippen LogP contribution in [0.5, 0.6) is 0 Å². The SMILES string of the molecule is COC(=O)c1ncsc1S(=O)(=O)NCC1CCCC1. The molecule has 6 nitrogen and oxygen atoms in total. The molecule has 1 fully saturated rings. The standard InChI is InChI=1S/C11H16N2O4S2/c1-17-10(14)9-11(18-7-12-9)19(15,16)13-6-8-4-2-3-5-8/h7-8,13H,2-6H2,1H3. The van der Waals surface area contributed by atoms with E-state index < -0.39 is 16.0 Å². The summed E-state index contributed by atoms with van der Waals surface area (Å²) in [6, 6.07) is 0. The average Bonchev–Trinajstić information content (AvgIpc) is 3.06. The number of nitrogens with one attached hydrogen (secondary N) is 1. The van der Waals surface area contributed by atoms with E-state index in [0.29, 0.717) is 12.5 Å². The Balaban J connectivity index is 2.10. The molecule has 0 amide bonds. The topological polar surface area (TPSA) is 85.4 Å². The molecule has 1 aromatic rings. The smallest absolute Gasteiger partial charge is 0.358 e. The van der Waals surface area contributed by atoms with Gasteiger partial charge in [-0.05, 0) is 18.8 Å². The van der Waals surface area contributed by atoms with Crippen molar-refractivity contribution in [3.8, 4) is 0 Å². The van der Waals surface area contributed by atoms with Crippen LogP contribution in [0.3, 0.4) is 0 Å². The van der Waals surface area contributed by atoms with Gasteiger partial charge in [-0.2, -0.15) is 0 Å². The minimum Gasteiger partial charge on any atom is -0.464 e. The summed E-state index contributed by atoms with van der Waals surface area (Å²) in [5, 5.41) is 0. The normalized spacial score (nSPS) is 16.7. The van der Waals surface area contributed by atoms with Crippen molar-refractivity contribution in [2.24, 2.45) is 5.92 Å². The molecule has 8 heteroatoms. The van der Waals surface area contributed by atoms with Gasteiger partial charge in [-0.15, -0.1) is 11.3 Å². The van der Waals surface area contributed by atoms with Gasteiger partial charge in [-0.3, -0.25) is 0 Å². The molecule has 0 atom stereocenters. The molecule has 0 unspecified atom stereocenters. The fourth-order valence-electron chi connectivity index (χ4n) is 2.17. The molecule has 1 aromatic heterocycles. The molecule has 19 heavy (non-hydrogen) atoms. The maximum absolute atomic E-state index is 12.1. The first-order valence-electron chi connectivity index (χ1n) is 6.06. The summed E-state index contributed by atoms with van der Waals surface area (Å²) in [7, 11) is -2.49. The van der Waals surface area contributed by atoms with Gasteiger partial charge in [0.1, 0.15) is 0 Å². The number of thiazole rings is 1. The fraction of sp³-hybridized carbons (Fsp3) is 0.636. The van der Waals surface area contributed by atoms with Gasteiger partial charge in [0, 0.05) is 6.54 Å². The number of carbonyl (C=O) groups excluding carboxylic acids is 1. The van der Waals surface area contributed by atoms with Crippen LogP contribution >= 0.6 is 11.3 Å². The zero-order valence-corrected chi connectivity index (χ0v) is 12.2. The molecule has 1 N–H and O–H groups in total. The molecule has 1 aliphatic rings. The lowest BCUT2D eigenvalue weighted by molar-refractivity contribution is 0.0590. The van der Waals surface area contributed by atoms with Gasteiger partial charge in [0.2, 0.25) is 0 Å². The van der Waals surface area contributed by atoms with E-state index >= 15 is 0 Å². The molecule has 0 saturated heterocycles. The second-order valence-corrected chi connectivity index (χ2v) is 7.30. The lowest BCUT2D eigenvalue weighted by Crippen LogP contribution is -2.29. The number of hydrogen-bond donors (Lipinski definition) is 1. The van der Waals surface area contributed by atoms with E-state index in [4.69, 9.17) is 0 Å². The first-order valence-corrected chi connectivity index (χ1v) is 8.42. The molecule has 1 heterocycles. The molecule has 0 radical (unpaired) electrons. The summed E-state index contributed by atoms with van der Waals surface area (Å²) in [4.78, 5) is 15.2. The highest BCUT2D eigenvalue weighted by molar-refractivity contribution is 7.91. The summed E-state index contributed by atoms with van der Waals surface area (Å²) in [5.74, 6) is -0.341. The number of methoxy groups -OCH3 is 1. The van der Waals surface area contributed by atoms with E-state index in [1.54, 1.807) is 0 Å². The van der Waals surface area contributed by atoms with E-state index in [0.717, 1.165) is 37.0 Å². The third-order valence-corrected chi connectivity index (χ3v) is 5.99. The summed E-state index contributed by atoms with van der Waals surface area (Å²) in [5.41, 5.74) is 1.18. The first kappa shape index (κ1) is 14.4. The van der Waals surface area contributed by atoms with Crippen LogP contribution in [0, 0.1) is 5.92 Å². The first-order chi connectivity index (χ1) is 9.04. The van der Waals surface area contributed by atoms with Crippen LogP contribution < -0.4 is 4.72 Å². The highest BCUT2D eigenvalue weighted by atomic mass is 32.2. The van der Waals surface area contributed by atoms with Crippen LogP contribution in [0.1, 0.15) is 36.2 Å². The van der Waals surface area contributed by atoms with Crippen molar-refractivity contribution >= 4 is 27.3 Å². The van der Waals surface area contributed by atoms with Gasteiger partial charge < -0.3 is 4.74 Å². The highest BCUT2D eigenvalue weighted by Gasteiger charge is 2.27. The molecule has 0 bridgehead atoms. The minimum absolute atomic E-state index is 0.0719. The van der Waals surface area contributed by atoms with E-state index in [9.17, 15) is 13.2 Å². The van der Waals surface area contributed by atoms with Crippen molar-refractivity contribution in [3.05, 3.63) is 11.2 Å². The number of nitrogens with zero attached hydrogens (tertiary/aromatic N) is 1. The van der Waals surface area contributed by atoms with Crippen LogP contribution in [0.15, 0.2) is 9.72 Å². The van der Waals surface area contributed by atoms with Gasteiger partial charge in [-0.1, -0.05) is 12.8 Å². The molecular weight excluding hydrogens is 288 g/mol. The molecule has 106 valence electrons. The van der Waals surface area contributed by atoms with E-state index in [-0.39, 0.29) is 9.90 Å². The Bertz CT molecular complexity index is 547. The average molecular weight is 304 g/mol. The van der Waals surface area contributed by atoms with E-state index in [1.807, 2.05) is 0 Å². The summed E-state index contributed by atoms with van der Waals surface area (Å²) >= 11 is 0.920. The number of sulfonamides is 1. The number of rotatable bonds is 5. The van der Waals surface area contributed by atoms with E-state index in [1.165, 1.54) is 12.6 Å². The maximum atomic E-state index is 12.1. The van der Waals surface area contributed by atoms with E-state index in [2.05, 4.69) is 14.4 Å². The molecule has 0 aromatic carbocycles. The summed E-state index contributed by atoms with van der Waals surface area (Å²) in [6.07, 6.45) is 4.41. The number of aromatic nitrogens is 1. The van der Waals surface area contributed by atoms with Crippen molar-refractivity contribution < 1.29 is 17.9 Å². The van der Waals surface area contributed by atoms with Crippen molar-refractivity contribution in [2.45, 2.75) is 29.9 Å². The monoisotopic (exact) mass is 304 g/mol. The van der Waals surface area contributed by atoms with Crippen molar-refractivity contribution in [3.63, 3.8) is 0 Å². The molecule has 0 aliphatic heterocycles. The Labute approximate surface area is 116 Å². The Morgan fingerprint density at radius 2 is 2.21 bits per heavy atom. The molecule has 0 spiro atoms. The Morgan fingerprint density at radius 3 is 2.84 bits per heavy atom. The van der Waals surface area contributed by atoms with Crippen molar-refractivity contribution in [1.29, 1.82) is 0 Å². The Hall–Kier alpha value is -0.990. The zero-order valence-electron chi connectivity index (χ0n) is 10.6. The fourth-order valence-corrected chi connectivity index (χ4v) is 4.46. The summed E-state index contributed by atoms with van der Waals surface area (Å²) in [6.45, 7) is 0.418. The third kappa shape index (κ3) is 3.31. The highest BCUT2D eigenvalue weighted by Crippen LogP contribution is 2.25. The second kappa shape index (κ2) is 5.98. The lowest BCUT2D eigenvalue weighted by Gasteiger charge is -2.10. The number of hydrogen-bond acceptors (Lipinski definition) is 6. The number of carbonyl (C=O) groups is 1. The van der Waals surface area contributed by atoms with Crippen LogP contribution in [0.4, 0.5) is 0 Å². The maximum Gasteiger partial charge on any atom is 0.358 e. The van der Waals surface area contributed by atoms with Gasteiger partial charge in [-0.25, -0.2) is 22.9 Å². The molecular formula is C11H16N2O4S2. The van der Waals surface area contributed by atoms with Crippen molar-refractivity contribution in [1.82, 2.24) is 9.71 Å². The predicted molar refractivity (Wildman–Crippen MR) is 70.6 cm³/mol. The van der Waals surface area contributed by atoms with Gasteiger partial charge in [0.05, 0.1) is 12.6 Å². The third-order valence-electron chi connectivity index (χ3n) is 3.19. The van der Waals surface area contributed by atoms with Gasteiger partial charge >= 0.3 is 5.97 Å². The Morgan fingerprint density at radius 1 is 1.53 bits per heavy atom. The quantitative estimate of drug-likeness (QED) is 0.831. The van der Waals surface area contributed by atoms with Crippen LogP contribution in [0.25, 0.3) is 0 Å². The minimum atomic E-state index is -3.68. The summed E-state index contributed by atoms with van der Waals surface area (Å²) < 4.78 is 31.3. The number of ether oxygens (including phenoxy) is 1. The molecule has 1 aliphatic carbocycles. The number of esters is 1. The predicted octanol–water partition coefficient (Wildman–Crippen LogP) is 1.40. The largest absolute Gasteiger partial charge is 0.464 e. The van der Waals surface area contributed by atoms with Gasteiger partial charge in [0.25, 0.3) is 10.0 Å². The van der Waals surface area contributed by atoms with Crippen LogP contribution in [-0.2, 0) is 14.8 Å². The van der Waals surface area contributed by atoms with Gasteiger partial charge in [0.15, 0.2) is 9.90 Å². The zero-order chi connectivity index (χ0) is 13.9. The molecule has 1 saturated carbocycles.